The number of aromatic nitrogens is 2. The van der Waals surface area contributed by atoms with Gasteiger partial charge in [0.05, 0.1) is 12.8 Å². The summed E-state index contributed by atoms with van der Waals surface area (Å²) in [6.07, 6.45) is 1.76. The molecule has 0 radical (unpaired) electrons. The average Bonchev–Trinajstić information content (AvgIpc) is 2.86. The van der Waals surface area contributed by atoms with Crippen molar-refractivity contribution in [1.82, 2.24) is 15.1 Å². The molecular formula is C15H19N3O2. The zero-order valence-corrected chi connectivity index (χ0v) is 12.2. The summed E-state index contributed by atoms with van der Waals surface area (Å²) in [5.74, 6) is 0.608. The van der Waals surface area contributed by atoms with E-state index < -0.39 is 0 Å². The van der Waals surface area contributed by atoms with Gasteiger partial charge in [0.25, 0.3) is 5.91 Å². The van der Waals surface area contributed by atoms with Gasteiger partial charge in [-0.15, -0.1) is 0 Å². The highest BCUT2D eigenvalue weighted by Crippen LogP contribution is 2.14. The van der Waals surface area contributed by atoms with Gasteiger partial charge in [-0.25, -0.2) is 4.68 Å². The third-order valence-corrected chi connectivity index (χ3v) is 2.65. The third-order valence-electron chi connectivity index (χ3n) is 2.65. The number of nitrogens with one attached hydrogen (secondary N) is 1. The number of carbonyl (C=O) groups excluding carboxylic acids is 1. The van der Waals surface area contributed by atoms with E-state index in [2.05, 4.69) is 10.4 Å². The second-order valence-corrected chi connectivity index (χ2v) is 5.55. The number of hydrogen-bond acceptors (Lipinski definition) is 3. The quantitative estimate of drug-likeness (QED) is 0.934. The van der Waals surface area contributed by atoms with Gasteiger partial charge in [-0.3, -0.25) is 4.79 Å². The van der Waals surface area contributed by atoms with Gasteiger partial charge >= 0.3 is 0 Å². The van der Waals surface area contributed by atoms with E-state index >= 15 is 0 Å². The smallest absolute Gasteiger partial charge is 0.272 e. The summed E-state index contributed by atoms with van der Waals surface area (Å²) in [6.45, 7) is 5.81. The summed E-state index contributed by atoms with van der Waals surface area (Å²) in [5, 5.41) is 7.17. The van der Waals surface area contributed by atoms with Crippen molar-refractivity contribution in [2.75, 3.05) is 7.11 Å². The lowest BCUT2D eigenvalue weighted by Gasteiger charge is -2.19. The number of nitrogens with zero attached hydrogens (tertiary/aromatic N) is 2. The fourth-order valence-corrected chi connectivity index (χ4v) is 1.73. The predicted molar refractivity (Wildman–Crippen MR) is 77.3 cm³/mol. The Morgan fingerprint density at radius 3 is 2.40 bits per heavy atom. The molecule has 0 saturated heterocycles. The highest BCUT2D eigenvalue weighted by molar-refractivity contribution is 5.92. The monoisotopic (exact) mass is 273 g/mol. The van der Waals surface area contributed by atoms with Crippen molar-refractivity contribution in [1.29, 1.82) is 0 Å². The van der Waals surface area contributed by atoms with E-state index in [4.69, 9.17) is 4.74 Å². The van der Waals surface area contributed by atoms with Crippen LogP contribution in [-0.4, -0.2) is 28.3 Å². The molecule has 0 spiro atoms. The van der Waals surface area contributed by atoms with E-state index in [1.807, 2.05) is 45.0 Å². The summed E-state index contributed by atoms with van der Waals surface area (Å²) in [6, 6.07) is 9.18. The molecule has 1 heterocycles. The van der Waals surface area contributed by atoms with Gasteiger partial charge in [-0.1, -0.05) is 0 Å². The molecule has 0 aliphatic carbocycles. The number of hydrogen-bond donors (Lipinski definition) is 1. The number of rotatable bonds is 3. The molecule has 1 N–H and O–H groups in total. The van der Waals surface area contributed by atoms with Crippen LogP contribution in [0.15, 0.2) is 36.5 Å². The summed E-state index contributed by atoms with van der Waals surface area (Å²) >= 11 is 0. The molecule has 5 heteroatoms. The van der Waals surface area contributed by atoms with E-state index in [0.29, 0.717) is 5.69 Å². The SMILES string of the molecule is COc1ccc(-n2ccc(C(=O)NC(C)(C)C)n2)cc1. The predicted octanol–water partition coefficient (Wildman–Crippen LogP) is 2.41. The first kappa shape index (κ1) is 14.1. The fourth-order valence-electron chi connectivity index (χ4n) is 1.73. The van der Waals surface area contributed by atoms with Crippen LogP contribution in [0.4, 0.5) is 0 Å². The van der Waals surface area contributed by atoms with Crippen molar-refractivity contribution >= 4 is 5.91 Å². The number of methoxy groups -OCH3 is 1. The molecule has 2 rings (SSSR count). The van der Waals surface area contributed by atoms with E-state index in [-0.39, 0.29) is 11.4 Å². The van der Waals surface area contributed by atoms with Crippen molar-refractivity contribution in [2.24, 2.45) is 0 Å². The van der Waals surface area contributed by atoms with Crippen LogP contribution in [0.25, 0.3) is 5.69 Å². The van der Waals surface area contributed by atoms with Gasteiger partial charge in [0.1, 0.15) is 5.75 Å². The van der Waals surface area contributed by atoms with Crippen LogP contribution in [0.5, 0.6) is 5.75 Å². The summed E-state index contributed by atoms with van der Waals surface area (Å²) in [4.78, 5) is 12.0. The average molecular weight is 273 g/mol. The molecule has 2 aromatic rings. The van der Waals surface area contributed by atoms with Gasteiger partial charge < -0.3 is 10.1 Å². The molecule has 0 aliphatic rings. The van der Waals surface area contributed by atoms with Gasteiger partial charge in [0, 0.05) is 11.7 Å². The van der Waals surface area contributed by atoms with Crippen LogP contribution in [0.3, 0.4) is 0 Å². The van der Waals surface area contributed by atoms with Crippen molar-refractivity contribution < 1.29 is 9.53 Å². The molecule has 0 saturated carbocycles. The Morgan fingerprint density at radius 1 is 1.20 bits per heavy atom. The number of amides is 1. The zero-order chi connectivity index (χ0) is 14.8. The standard InChI is InChI=1S/C15H19N3O2/c1-15(2,3)16-14(19)13-9-10-18(17-13)11-5-7-12(20-4)8-6-11/h5-10H,1-4H3,(H,16,19). The third kappa shape index (κ3) is 3.38. The summed E-state index contributed by atoms with van der Waals surface area (Å²) in [5.41, 5.74) is 0.998. The van der Waals surface area contributed by atoms with Crippen LogP contribution < -0.4 is 10.1 Å². The molecule has 5 nitrogen and oxygen atoms in total. The van der Waals surface area contributed by atoms with E-state index in [1.54, 1.807) is 24.1 Å². The Bertz CT molecular complexity index is 594. The minimum atomic E-state index is -0.277. The van der Waals surface area contributed by atoms with Crippen LogP contribution in [0.1, 0.15) is 31.3 Å². The molecule has 106 valence electrons. The molecule has 0 unspecified atom stereocenters. The van der Waals surface area contributed by atoms with Gasteiger partial charge in [-0.2, -0.15) is 5.10 Å². The largest absolute Gasteiger partial charge is 0.497 e. The topological polar surface area (TPSA) is 56.1 Å². The van der Waals surface area contributed by atoms with Crippen molar-refractivity contribution in [3.8, 4) is 11.4 Å². The maximum absolute atomic E-state index is 12.0. The molecule has 1 amide bonds. The molecule has 1 aromatic carbocycles. The maximum atomic E-state index is 12.0. The molecule has 0 fully saturated rings. The van der Waals surface area contributed by atoms with Crippen molar-refractivity contribution in [3.05, 3.63) is 42.2 Å². The number of benzene rings is 1. The molecule has 0 aliphatic heterocycles. The summed E-state index contributed by atoms with van der Waals surface area (Å²) in [7, 11) is 1.62. The number of carbonyl (C=O) groups is 1. The van der Waals surface area contributed by atoms with Gasteiger partial charge in [-0.05, 0) is 51.1 Å². The lowest BCUT2D eigenvalue weighted by molar-refractivity contribution is 0.0914. The highest BCUT2D eigenvalue weighted by Gasteiger charge is 2.17. The van der Waals surface area contributed by atoms with E-state index in [9.17, 15) is 4.79 Å². The van der Waals surface area contributed by atoms with Crippen molar-refractivity contribution in [2.45, 2.75) is 26.3 Å². The molecule has 0 atom stereocenters. The van der Waals surface area contributed by atoms with E-state index in [0.717, 1.165) is 11.4 Å². The Balaban J connectivity index is 2.17. The van der Waals surface area contributed by atoms with Crippen LogP contribution in [-0.2, 0) is 0 Å². The van der Waals surface area contributed by atoms with Crippen LogP contribution in [0.2, 0.25) is 0 Å². The maximum Gasteiger partial charge on any atom is 0.272 e. The second-order valence-electron chi connectivity index (χ2n) is 5.55. The zero-order valence-electron chi connectivity index (χ0n) is 12.2. The molecule has 0 bridgehead atoms. The second kappa shape index (κ2) is 5.36. The highest BCUT2D eigenvalue weighted by atomic mass is 16.5. The first-order chi connectivity index (χ1) is 9.39. The molecule has 1 aromatic heterocycles. The molecule has 20 heavy (non-hydrogen) atoms. The Hall–Kier alpha value is -2.30. The Labute approximate surface area is 118 Å². The number of ether oxygens (including phenoxy) is 1. The van der Waals surface area contributed by atoms with Crippen LogP contribution >= 0.6 is 0 Å². The van der Waals surface area contributed by atoms with Gasteiger partial charge in [0.15, 0.2) is 5.69 Å². The van der Waals surface area contributed by atoms with Crippen molar-refractivity contribution in [3.63, 3.8) is 0 Å². The first-order valence-corrected chi connectivity index (χ1v) is 6.42. The van der Waals surface area contributed by atoms with Gasteiger partial charge in [0.2, 0.25) is 0 Å². The lowest BCUT2D eigenvalue weighted by atomic mass is 10.1. The lowest BCUT2D eigenvalue weighted by Crippen LogP contribution is -2.40. The summed E-state index contributed by atoms with van der Waals surface area (Å²) < 4.78 is 6.77. The minimum Gasteiger partial charge on any atom is -0.497 e. The van der Waals surface area contributed by atoms with E-state index in [1.165, 1.54) is 0 Å². The molecular weight excluding hydrogens is 254 g/mol. The normalized spacial score (nSPS) is 11.2. The Kier molecular flexibility index (Phi) is 3.79. The Morgan fingerprint density at radius 2 is 1.85 bits per heavy atom. The minimum absolute atomic E-state index is 0.176. The van der Waals surface area contributed by atoms with Crippen LogP contribution in [0, 0.1) is 0 Å². The fraction of sp³-hybridized carbons (Fsp3) is 0.333. The first-order valence-electron chi connectivity index (χ1n) is 6.42.